The number of alkyl halides is 5. The molecular formula is C35H27ClF7N9O3S. The number of carbonyl (C=O) groups is 1. The molecule has 2 aromatic carbocycles. The van der Waals surface area contributed by atoms with E-state index in [4.69, 9.17) is 16.6 Å². The Kier molecular flexibility index (Phi) is 8.71. The van der Waals surface area contributed by atoms with E-state index in [1.807, 2.05) is 0 Å². The van der Waals surface area contributed by atoms with Gasteiger partial charge in [0.15, 0.2) is 11.5 Å². The first-order chi connectivity index (χ1) is 26.3. The van der Waals surface area contributed by atoms with Gasteiger partial charge in [0.05, 0.1) is 45.8 Å². The summed E-state index contributed by atoms with van der Waals surface area (Å²) in [4.78, 5) is 18.7. The molecule has 8 rings (SSSR count). The number of H-pyrrole nitrogens is 1. The van der Waals surface area contributed by atoms with E-state index in [2.05, 4.69) is 30.4 Å². The van der Waals surface area contributed by atoms with Crippen LogP contribution < -0.4 is 10.0 Å². The molecule has 0 unspecified atom stereocenters. The standard InChI is InChI=1S/C35H27ClF7N9O3S/c1-51-30-20(3-5-23(36)28(30)33(49-51)50-56(2,54)55)19-4-6-24(16-12-44-45-13-16)47-29(19)25(9-15-7-17(37)10-18(38)8-15)46-26(53)14-52-32-27(31(48-52)35(41,42)43)21-11-22(21)34(32,39)40/h3-8,10,12-13,21-22,25H,9,11,14H2,1-2H3,(H,44,45)(H,46,53)(H,49,50)/t21-,22+,25-/m0/s1. The van der Waals surface area contributed by atoms with Crippen molar-refractivity contribution < 1.29 is 43.9 Å². The van der Waals surface area contributed by atoms with Gasteiger partial charge < -0.3 is 5.32 Å². The number of benzene rings is 2. The van der Waals surface area contributed by atoms with Gasteiger partial charge in [0.1, 0.15) is 23.9 Å². The van der Waals surface area contributed by atoms with Gasteiger partial charge in [-0.05, 0) is 48.6 Å². The van der Waals surface area contributed by atoms with E-state index in [9.17, 15) is 35.2 Å². The molecule has 3 atom stereocenters. The first-order valence-corrected chi connectivity index (χ1v) is 19.0. The van der Waals surface area contributed by atoms with Gasteiger partial charge in [-0.15, -0.1) is 0 Å². The number of hydrogen-bond donors (Lipinski definition) is 3. The number of aromatic amines is 1. The number of halogens is 8. The molecule has 0 aliphatic heterocycles. The van der Waals surface area contributed by atoms with Gasteiger partial charge >= 0.3 is 6.18 Å². The second-order valence-electron chi connectivity index (χ2n) is 13.7. The summed E-state index contributed by atoms with van der Waals surface area (Å²) in [6.45, 7) is -1.06. The zero-order chi connectivity index (χ0) is 40.1. The number of nitrogens with zero attached hydrogens (tertiary/aromatic N) is 6. The number of aromatic nitrogens is 7. The van der Waals surface area contributed by atoms with Crippen LogP contribution in [0.15, 0.2) is 54.9 Å². The average Bonchev–Trinajstić information content (AvgIpc) is 3.34. The van der Waals surface area contributed by atoms with E-state index in [-0.39, 0.29) is 45.9 Å². The van der Waals surface area contributed by atoms with Gasteiger partial charge in [-0.25, -0.2) is 22.2 Å². The summed E-state index contributed by atoms with van der Waals surface area (Å²) >= 11 is 6.57. The van der Waals surface area contributed by atoms with Crippen LogP contribution in [0.25, 0.3) is 33.3 Å². The fraction of sp³-hybridized carbons (Fsp3) is 0.286. The van der Waals surface area contributed by atoms with Crippen molar-refractivity contribution in [3.63, 3.8) is 0 Å². The number of sulfonamides is 1. The lowest BCUT2D eigenvalue weighted by atomic mass is 9.93. The predicted molar refractivity (Wildman–Crippen MR) is 188 cm³/mol. The number of anilines is 1. The monoisotopic (exact) mass is 821 g/mol. The van der Waals surface area contributed by atoms with Crippen molar-refractivity contribution in [1.29, 1.82) is 0 Å². The highest BCUT2D eigenvalue weighted by molar-refractivity contribution is 7.92. The van der Waals surface area contributed by atoms with Crippen molar-refractivity contribution in [2.24, 2.45) is 13.0 Å². The summed E-state index contributed by atoms with van der Waals surface area (Å²) < 4.78 is 130. The fourth-order valence-electron chi connectivity index (χ4n) is 7.51. The van der Waals surface area contributed by atoms with Crippen LogP contribution in [0.4, 0.5) is 36.6 Å². The summed E-state index contributed by atoms with van der Waals surface area (Å²) in [5.74, 6) is -9.10. The maximum Gasteiger partial charge on any atom is 0.435 e. The van der Waals surface area contributed by atoms with Crippen LogP contribution >= 0.6 is 11.6 Å². The molecule has 4 aromatic heterocycles. The highest BCUT2D eigenvalue weighted by Crippen LogP contribution is 2.68. The first-order valence-electron chi connectivity index (χ1n) is 16.7. The minimum absolute atomic E-state index is 0.0293. The van der Waals surface area contributed by atoms with Crippen molar-refractivity contribution in [3.8, 4) is 22.4 Å². The van der Waals surface area contributed by atoms with Gasteiger partial charge in [0.25, 0.3) is 5.92 Å². The van der Waals surface area contributed by atoms with E-state index in [0.29, 0.717) is 33.1 Å². The van der Waals surface area contributed by atoms with Gasteiger partial charge in [0, 0.05) is 47.5 Å². The van der Waals surface area contributed by atoms with Gasteiger partial charge in [-0.2, -0.15) is 37.2 Å². The molecule has 2 aliphatic rings. The van der Waals surface area contributed by atoms with Crippen LogP contribution in [0, 0.1) is 17.6 Å². The van der Waals surface area contributed by atoms with Crippen LogP contribution in [0.3, 0.4) is 0 Å². The highest BCUT2D eigenvalue weighted by Gasteiger charge is 2.68. The molecule has 1 amide bonds. The molecule has 292 valence electrons. The Morgan fingerprint density at radius 3 is 2.46 bits per heavy atom. The quantitative estimate of drug-likeness (QED) is 0.128. The molecule has 2 aliphatic carbocycles. The molecule has 12 nitrogen and oxygen atoms in total. The number of nitrogens with one attached hydrogen (secondary N) is 3. The predicted octanol–water partition coefficient (Wildman–Crippen LogP) is 6.85. The van der Waals surface area contributed by atoms with Crippen molar-refractivity contribution >= 4 is 44.3 Å². The topological polar surface area (TPSA) is 152 Å². The van der Waals surface area contributed by atoms with Crippen LogP contribution in [-0.2, 0) is 46.9 Å². The van der Waals surface area contributed by atoms with Gasteiger partial charge in [-0.1, -0.05) is 23.7 Å². The Bertz CT molecular complexity index is 2660. The van der Waals surface area contributed by atoms with Crippen molar-refractivity contribution in [3.05, 3.63) is 99.7 Å². The highest BCUT2D eigenvalue weighted by atomic mass is 35.5. The normalized spacial score (nSPS) is 17.8. The number of aryl methyl sites for hydroxylation is 1. The molecule has 56 heavy (non-hydrogen) atoms. The Hall–Kier alpha value is -5.50. The molecule has 0 saturated heterocycles. The Labute approximate surface area is 317 Å². The third kappa shape index (κ3) is 6.63. The van der Waals surface area contributed by atoms with Crippen LogP contribution in [0.5, 0.6) is 0 Å². The maximum atomic E-state index is 15.4. The molecule has 0 spiro atoms. The summed E-state index contributed by atoms with van der Waals surface area (Å²) in [5, 5.41) is 17.3. The number of fused-ring (bicyclic) bond motifs is 4. The fourth-order valence-corrected chi connectivity index (χ4v) is 8.25. The van der Waals surface area contributed by atoms with Crippen LogP contribution in [0.1, 0.15) is 46.6 Å². The molecule has 21 heteroatoms. The molecule has 4 heterocycles. The number of pyridine rings is 1. The third-order valence-electron chi connectivity index (χ3n) is 9.75. The summed E-state index contributed by atoms with van der Waals surface area (Å²) in [6, 6.07) is 7.58. The molecular weight excluding hydrogens is 795 g/mol. The number of rotatable bonds is 10. The molecule has 0 bridgehead atoms. The van der Waals surface area contributed by atoms with E-state index < -0.39 is 81.0 Å². The summed E-state index contributed by atoms with van der Waals surface area (Å²) in [5.41, 5.74) is -1.30. The molecule has 3 N–H and O–H groups in total. The lowest BCUT2D eigenvalue weighted by Gasteiger charge is -2.23. The number of amides is 1. The van der Waals surface area contributed by atoms with Crippen molar-refractivity contribution in [2.45, 2.75) is 43.4 Å². The average molecular weight is 822 g/mol. The summed E-state index contributed by atoms with van der Waals surface area (Å²) in [6.07, 6.45) is -1.67. The third-order valence-corrected chi connectivity index (χ3v) is 10.6. The Balaban J connectivity index is 1.28. The SMILES string of the molecule is Cn1nc(NS(C)(=O)=O)c2c(Cl)ccc(-c3ccc(-c4cn[nH]c4)nc3[C@H](Cc3cc(F)cc(F)c3)NC(=O)Cn3nc(C(F)(F)F)c4c3C(F)(F)[C@@H]3C[C@H]43)c21. The zero-order valence-electron chi connectivity index (χ0n) is 28.9. The minimum atomic E-state index is -5.07. The van der Waals surface area contributed by atoms with E-state index >= 15 is 8.78 Å². The number of carbonyl (C=O) groups excluding carboxylic acids is 1. The second kappa shape index (κ2) is 13.0. The Morgan fingerprint density at radius 1 is 1.09 bits per heavy atom. The molecule has 1 saturated carbocycles. The Morgan fingerprint density at radius 2 is 1.80 bits per heavy atom. The van der Waals surface area contributed by atoms with Gasteiger partial charge in [-0.3, -0.25) is 24.0 Å². The van der Waals surface area contributed by atoms with Crippen LogP contribution in [-0.4, -0.2) is 55.3 Å². The smallest absolute Gasteiger partial charge is 0.346 e. The van der Waals surface area contributed by atoms with Crippen LogP contribution in [0.2, 0.25) is 5.02 Å². The largest absolute Gasteiger partial charge is 0.435 e. The zero-order valence-corrected chi connectivity index (χ0v) is 30.5. The molecule has 0 radical (unpaired) electrons. The van der Waals surface area contributed by atoms with E-state index in [1.165, 1.54) is 30.2 Å². The van der Waals surface area contributed by atoms with Crippen molar-refractivity contribution in [2.75, 3.05) is 11.0 Å². The maximum absolute atomic E-state index is 15.4. The van der Waals surface area contributed by atoms with E-state index in [0.717, 1.165) is 18.4 Å². The first kappa shape index (κ1) is 37.4. The number of hydrogen-bond acceptors (Lipinski definition) is 7. The van der Waals surface area contributed by atoms with Gasteiger partial charge in [0.2, 0.25) is 15.9 Å². The lowest BCUT2D eigenvalue weighted by Crippen LogP contribution is -2.35. The lowest BCUT2D eigenvalue weighted by molar-refractivity contribution is -0.142. The summed E-state index contributed by atoms with van der Waals surface area (Å²) in [7, 11) is -2.31. The molecule has 6 aromatic rings. The van der Waals surface area contributed by atoms with Crippen molar-refractivity contribution in [1.82, 2.24) is 40.1 Å². The second-order valence-corrected chi connectivity index (χ2v) is 15.9. The minimum Gasteiger partial charge on any atom is -0.346 e. The van der Waals surface area contributed by atoms with E-state index in [1.54, 1.807) is 18.2 Å². The molecule has 1 fully saturated rings.